The molecular formula is C50H38N2Si. The molecule has 0 N–H and O–H groups in total. The number of hydrogen-bond acceptors (Lipinski definition) is 2. The lowest BCUT2D eigenvalue weighted by Gasteiger charge is -2.46. The standard InChI is InChI=1S/C50H38N2Si/c1-51-44-27-13-11-25-42(44)50(37-19-5-2-6-20-37,43-26-12-14-28-45(43)51)38-33-35-39(36-34-38)52-46-29-15-17-31-48(46)53(40-21-7-3-8-22-40,41-23-9-4-10-24-41)49-32-18-16-30-47(49)52/h2-36H,1H3. The van der Waals surface area contributed by atoms with E-state index in [0.717, 1.165) is 5.69 Å². The zero-order valence-corrected chi connectivity index (χ0v) is 30.6. The molecule has 2 aliphatic rings. The summed E-state index contributed by atoms with van der Waals surface area (Å²) in [6.07, 6.45) is 0. The molecule has 53 heavy (non-hydrogen) atoms. The average molecular weight is 695 g/mol. The fourth-order valence-electron chi connectivity index (χ4n) is 9.47. The summed E-state index contributed by atoms with van der Waals surface area (Å²) in [6.45, 7) is 0. The molecule has 252 valence electrons. The van der Waals surface area contributed by atoms with Crippen LogP contribution in [-0.2, 0) is 5.41 Å². The molecule has 0 fully saturated rings. The molecule has 0 bridgehead atoms. The SMILES string of the molecule is CN1c2ccccc2C(c2ccccc2)(c2ccc(N3c4ccccc4[Si](c4ccccc4)(c4ccccc4)c4ccccc43)cc2)c2ccccc21. The number of nitrogens with zero attached hydrogens (tertiary/aromatic N) is 2. The molecule has 0 amide bonds. The first-order chi connectivity index (χ1) is 26.2. The summed E-state index contributed by atoms with van der Waals surface area (Å²) >= 11 is 0. The molecular weight excluding hydrogens is 657 g/mol. The topological polar surface area (TPSA) is 6.48 Å². The van der Waals surface area contributed by atoms with Crippen molar-refractivity contribution in [3.05, 3.63) is 235 Å². The van der Waals surface area contributed by atoms with E-state index >= 15 is 0 Å². The van der Waals surface area contributed by atoms with Crippen molar-refractivity contribution in [3.8, 4) is 0 Å². The lowest BCUT2D eigenvalue weighted by Crippen LogP contribution is -2.77. The maximum Gasteiger partial charge on any atom is 0.184 e. The van der Waals surface area contributed by atoms with Gasteiger partial charge in [-0.05, 0) is 79.4 Å². The minimum Gasteiger partial charge on any atom is -0.344 e. The third-order valence-electron chi connectivity index (χ3n) is 11.6. The molecule has 0 saturated carbocycles. The summed E-state index contributed by atoms with van der Waals surface area (Å²) in [4.78, 5) is 4.84. The molecule has 0 saturated heterocycles. The van der Waals surface area contributed by atoms with Gasteiger partial charge in [-0.15, -0.1) is 0 Å². The van der Waals surface area contributed by atoms with E-state index in [1.807, 2.05) is 0 Å². The van der Waals surface area contributed by atoms with Gasteiger partial charge in [0.05, 0.1) is 5.41 Å². The van der Waals surface area contributed by atoms with Crippen molar-refractivity contribution in [2.24, 2.45) is 0 Å². The minimum atomic E-state index is -2.68. The van der Waals surface area contributed by atoms with Crippen LogP contribution in [0.3, 0.4) is 0 Å². The predicted octanol–water partition coefficient (Wildman–Crippen LogP) is 9.31. The second-order valence-electron chi connectivity index (χ2n) is 14.1. The second-order valence-corrected chi connectivity index (χ2v) is 17.8. The summed E-state index contributed by atoms with van der Waals surface area (Å²) < 4.78 is 0. The van der Waals surface area contributed by atoms with E-state index in [-0.39, 0.29) is 0 Å². The first-order valence-corrected chi connectivity index (χ1v) is 20.4. The van der Waals surface area contributed by atoms with E-state index in [0.29, 0.717) is 0 Å². The van der Waals surface area contributed by atoms with Crippen LogP contribution in [0.1, 0.15) is 22.3 Å². The molecule has 3 heteroatoms. The molecule has 0 aliphatic carbocycles. The largest absolute Gasteiger partial charge is 0.344 e. The van der Waals surface area contributed by atoms with E-state index in [1.54, 1.807) is 0 Å². The molecule has 2 heterocycles. The van der Waals surface area contributed by atoms with Gasteiger partial charge >= 0.3 is 0 Å². The molecule has 2 aliphatic heterocycles. The van der Waals surface area contributed by atoms with Gasteiger partial charge in [-0.2, -0.15) is 0 Å². The molecule has 0 radical (unpaired) electrons. The Labute approximate surface area is 312 Å². The van der Waals surface area contributed by atoms with Gasteiger partial charge in [0.15, 0.2) is 8.07 Å². The average Bonchev–Trinajstić information content (AvgIpc) is 3.24. The van der Waals surface area contributed by atoms with Crippen LogP contribution in [0.25, 0.3) is 0 Å². The van der Waals surface area contributed by atoms with Crippen LogP contribution >= 0.6 is 0 Å². The van der Waals surface area contributed by atoms with Crippen LogP contribution in [0, 0.1) is 0 Å². The maximum absolute atomic E-state index is 2.68. The lowest BCUT2D eigenvalue weighted by molar-refractivity contribution is 0.727. The van der Waals surface area contributed by atoms with Crippen LogP contribution in [0.4, 0.5) is 28.4 Å². The number of benzene rings is 8. The highest BCUT2D eigenvalue weighted by atomic mass is 28.3. The fraction of sp³-hybridized carbons (Fsp3) is 0.0400. The third kappa shape index (κ3) is 4.44. The number of fused-ring (bicyclic) bond motifs is 4. The molecule has 0 spiro atoms. The highest BCUT2D eigenvalue weighted by molar-refractivity contribution is 7.21. The Morgan fingerprint density at radius 2 is 0.736 bits per heavy atom. The number of rotatable bonds is 5. The summed E-state index contributed by atoms with van der Waals surface area (Å²) in [6, 6.07) is 79.0. The number of hydrogen-bond donors (Lipinski definition) is 0. The number of para-hydroxylation sites is 4. The second kappa shape index (κ2) is 12.4. The van der Waals surface area contributed by atoms with E-state index in [2.05, 4.69) is 229 Å². The van der Waals surface area contributed by atoms with Gasteiger partial charge in [0.1, 0.15) is 0 Å². The normalized spacial score (nSPS) is 14.7. The molecule has 0 atom stereocenters. The molecule has 0 unspecified atom stereocenters. The smallest absolute Gasteiger partial charge is 0.184 e. The van der Waals surface area contributed by atoms with Crippen LogP contribution < -0.4 is 30.5 Å². The molecule has 2 nitrogen and oxygen atoms in total. The Morgan fingerprint density at radius 3 is 1.23 bits per heavy atom. The first kappa shape index (κ1) is 31.3. The van der Waals surface area contributed by atoms with Gasteiger partial charge < -0.3 is 9.80 Å². The van der Waals surface area contributed by atoms with Crippen LogP contribution in [0.2, 0.25) is 0 Å². The molecule has 10 rings (SSSR count). The highest BCUT2D eigenvalue weighted by Gasteiger charge is 2.49. The maximum atomic E-state index is 2.50. The third-order valence-corrected chi connectivity index (χ3v) is 16.5. The summed E-state index contributed by atoms with van der Waals surface area (Å²) in [5.41, 5.74) is 10.7. The van der Waals surface area contributed by atoms with Crippen molar-refractivity contribution in [1.29, 1.82) is 0 Å². The predicted molar refractivity (Wildman–Crippen MR) is 225 cm³/mol. The van der Waals surface area contributed by atoms with Gasteiger partial charge in [-0.1, -0.05) is 176 Å². The Kier molecular flexibility index (Phi) is 7.31. The van der Waals surface area contributed by atoms with Gasteiger partial charge in [0.2, 0.25) is 0 Å². The van der Waals surface area contributed by atoms with Crippen molar-refractivity contribution >= 4 is 57.3 Å². The van der Waals surface area contributed by atoms with Crippen LogP contribution in [-0.4, -0.2) is 15.1 Å². The van der Waals surface area contributed by atoms with Crippen LogP contribution in [0.15, 0.2) is 212 Å². The van der Waals surface area contributed by atoms with E-state index in [9.17, 15) is 0 Å². The van der Waals surface area contributed by atoms with Gasteiger partial charge in [-0.25, -0.2) is 0 Å². The highest BCUT2D eigenvalue weighted by Crippen LogP contribution is 2.55. The zero-order valence-electron chi connectivity index (χ0n) is 29.6. The molecule has 8 aromatic rings. The quantitative estimate of drug-likeness (QED) is 0.166. The zero-order chi connectivity index (χ0) is 35.4. The van der Waals surface area contributed by atoms with Crippen molar-refractivity contribution in [1.82, 2.24) is 0 Å². The monoisotopic (exact) mass is 694 g/mol. The summed E-state index contributed by atoms with van der Waals surface area (Å²) in [5, 5.41) is 5.59. The molecule has 8 aromatic carbocycles. The summed E-state index contributed by atoms with van der Waals surface area (Å²) in [7, 11) is -0.487. The van der Waals surface area contributed by atoms with Gasteiger partial charge in [0, 0.05) is 35.5 Å². The van der Waals surface area contributed by atoms with Crippen molar-refractivity contribution in [2.45, 2.75) is 5.41 Å². The van der Waals surface area contributed by atoms with Crippen molar-refractivity contribution < 1.29 is 0 Å². The Hall–Kier alpha value is -6.42. The van der Waals surface area contributed by atoms with Gasteiger partial charge in [-0.3, -0.25) is 0 Å². The van der Waals surface area contributed by atoms with Crippen LogP contribution in [0.5, 0.6) is 0 Å². The lowest BCUT2D eigenvalue weighted by atomic mass is 9.62. The summed E-state index contributed by atoms with van der Waals surface area (Å²) in [5.74, 6) is 0. The van der Waals surface area contributed by atoms with Crippen molar-refractivity contribution in [2.75, 3.05) is 16.8 Å². The Morgan fingerprint density at radius 1 is 0.358 bits per heavy atom. The minimum absolute atomic E-state index is 0.500. The van der Waals surface area contributed by atoms with Crippen molar-refractivity contribution in [3.63, 3.8) is 0 Å². The van der Waals surface area contributed by atoms with Gasteiger partial charge in [0.25, 0.3) is 0 Å². The fourth-order valence-corrected chi connectivity index (χ4v) is 14.6. The van der Waals surface area contributed by atoms with E-state index in [1.165, 1.54) is 65.8 Å². The molecule has 0 aromatic heterocycles. The first-order valence-electron chi connectivity index (χ1n) is 18.4. The van der Waals surface area contributed by atoms with E-state index < -0.39 is 13.5 Å². The van der Waals surface area contributed by atoms with E-state index in [4.69, 9.17) is 0 Å². The number of anilines is 5. The Balaban J connectivity index is 1.21. The Bertz CT molecular complexity index is 2450.